The van der Waals surface area contributed by atoms with E-state index in [0.29, 0.717) is 17.5 Å². The number of carbonyl (C=O) groups excluding carboxylic acids is 1. The van der Waals surface area contributed by atoms with E-state index in [9.17, 15) is 9.18 Å². The number of carbonyl (C=O) groups is 1. The molecule has 1 aromatic rings. The Balaban J connectivity index is 3.03. The molecule has 0 atom stereocenters. The summed E-state index contributed by atoms with van der Waals surface area (Å²) in [5, 5.41) is 0. The van der Waals surface area contributed by atoms with E-state index < -0.39 is 0 Å². The number of benzene rings is 1. The zero-order valence-corrected chi connectivity index (χ0v) is 8.46. The van der Waals surface area contributed by atoms with Crippen LogP contribution in [0.3, 0.4) is 0 Å². The molecule has 0 aliphatic rings. The Hall–Kier alpha value is -1.38. The zero-order valence-electron chi connectivity index (χ0n) is 8.46. The third-order valence-corrected chi connectivity index (χ3v) is 2.21. The fourth-order valence-corrected chi connectivity index (χ4v) is 1.42. The monoisotopic (exact) mass is 195 g/mol. The Labute approximate surface area is 83.3 Å². The summed E-state index contributed by atoms with van der Waals surface area (Å²) in [6.45, 7) is 5.45. The number of rotatable bonds is 4. The number of nitrogens with zero attached hydrogens (tertiary/aromatic N) is 1. The molecule has 0 saturated carbocycles. The van der Waals surface area contributed by atoms with Gasteiger partial charge in [-0.05, 0) is 32.0 Å². The molecule has 0 aliphatic heterocycles. The standard InChI is InChI=1S/C11H14FNO/c1-3-13(4-2)11-6-5-9(8-14)7-10(11)12/h5-8H,3-4H2,1-2H3. The molecule has 0 N–H and O–H groups in total. The highest BCUT2D eigenvalue weighted by Crippen LogP contribution is 2.19. The molecule has 0 amide bonds. The molecular formula is C11H14FNO. The minimum atomic E-state index is -0.335. The van der Waals surface area contributed by atoms with Gasteiger partial charge in [-0.1, -0.05) is 0 Å². The third kappa shape index (κ3) is 2.10. The van der Waals surface area contributed by atoms with Crippen LogP contribution >= 0.6 is 0 Å². The largest absolute Gasteiger partial charge is 0.370 e. The second kappa shape index (κ2) is 4.74. The Bertz CT molecular complexity index is 321. The molecular weight excluding hydrogens is 181 g/mol. The van der Waals surface area contributed by atoms with Gasteiger partial charge in [0.2, 0.25) is 0 Å². The topological polar surface area (TPSA) is 20.3 Å². The van der Waals surface area contributed by atoms with E-state index in [4.69, 9.17) is 0 Å². The smallest absolute Gasteiger partial charge is 0.150 e. The van der Waals surface area contributed by atoms with Gasteiger partial charge in [-0.15, -0.1) is 0 Å². The van der Waals surface area contributed by atoms with Gasteiger partial charge in [0.05, 0.1) is 5.69 Å². The van der Waals surface area contributed by atoms with Crippen LogP contribution in [0, 0.1) is 5.82 Å². The fraction of sp³-hybridized carbons (Fsp3) is 0.364. The van der Waals surface area contributed by atoms with Gasteiger partial charge in [0, 0.05) is 18.7 Å². The summed E-state index contributed by atoms with van der Waals surface area (Å²) in [4.78, 5) is 12.3. The van der Waals surface area contributed by atoms with Crippen LogP contribution in [0.1, 0.15) is 24.2 Å². The first-order chi connectivity index (χ1) is 6.72. The zero-order chi connectivity index (χ0) is 10.6. The van der Waals surface area contributed by atoms with Crippen molar-refractivity contribution in [2.45, 2.75) is 13.8 Å². The van der Waals surface area contributed by atoms with Crippen LogP contribution in [0.4, 0.5) is 10.1 Å². The first-order valence-electron chi connectivity index (χ1n) is 4.72. The van der Waals surface area contributed by atoms with Gasteiger partial charge in [-0.2, -0.15) is 0 Å². The maximum absolute atomic E-state index is 13.5. The quantitative estimate of drug-likeness (QED) is 0.688. The van der Waals surface area contributed by atoms with Crippen molar-refractivity contribution in [1.82, 2.24) is 0 Å². The molecule has 76 valence electrons. The molecule has 14 heavy (non-hydrogen) atoms. The van der Waals surface area contributed by atoms with Crippen LogP contribution in [0.25, 0.3) is 0 Å². The predicted molar refractivity (Wildman–Crippen MR) is 55.3 cm³/mol. The molecule has 1 rings (SSSR count). The van der Waals surface area contributed by atoms with Gasteiger partial charge in [0.15, 0.2) is 0 Å². The van der Waals surface area contributed by atoms with Crippen LogP contribution in [-0.2, 0) is 0 Å². The van der Waals surface area contributed by atoms with E-state index in [0.717, 1.165) is 13.1 Å². The van der Waals surface area contributed by atoms with Gasteiger partial charge in [-0.25, -0.2) is 4.39 Å². The van der Waals surface area contributed by atoms with Gasteiger partial charge in [-0.3, -0.25) is 4.79 Å². The van der Waals surface area contributed by atoms with Gasteiger partial charge in [0.1, 0.15) is 12.1 Å². The normalized spacial score (nSPS) is 9.93. The Morgan fingerprint density at radius 1 is 1.36 bits per heavy atom. The van der Waals surface area contributed by atoms with E-state index in [-0.39, 0.29) is 5.82 Å². The molecule has 1 aromatic carbocycles. The van der Waals surface area contributed by atoms with E-state index in [1.807, 2.05) is 18.7 Å². The number of anilines is 1. The number of hydrogen-bond donors (Lipinski definition) is 0. The number of aldehydes is 1. The lowest BCUT2D eigenvalue weighted by Crippen LogP contribution is -2.22. The highest BCUT2D eigenvalue weighted by atomic mass is 19.1. The minimum absolute atomic E-state index is 0.335. The van der Waals surface area contributed by atoms with Crippen molar-refractivity contribution in [3.8, 4) is 0 Å². The minimum Gasteiger partial charge on any atom is -0.370 e. The lowest BCUT2D eigenvalue weighted by Gasteiger charge is -2.21. The summed E-state index contributed by atoms with van der Waals surface area (Å²) in [7, 11) is 0. The second-order valence-corrected chi connectivity index (χ2v) is 3.00. The summed E-state index contributed by atoms with van der Waals surface area (Å²) in [5.41, 5.74) is 0.930. The van der Waals surface area contributed by atoms with Crippen molar-refractivity contribution in [3.63, 3.8) is 0 Å². The molecule has 0 unspecified atom stereocenters. The van der Waals surface area contributed by atoms with Crippen molar-refractivity contribution in [1.29, 1.82) is 0 Å². The number of hydrogen-bond acceptors (Lipinski definition) is 2. The van der Waals surface area contributed by atoms with Crippen LogP contribution in [0.5, 0.6) is 0 Å². The summed E-state index contributed by atoms with van der Waals surface area (Å²) in [5.74, 6) is -0.335. The van der Waals surface area contributed by atoms with Crippen molar-refractivity contribution < 1.29 is 9.18 Å². The van der Waals surface area contributed by atoms with Crippen LogP contribution in [0.15, 0.2) is 18.2 Å². The van der Waals surface area contributed by atoms with Crippen LogP contribution < -0.4 is 4.90 Å². The second-order valence-electron chi connectivity index (χ2n) is 3.00. The van der Waals surface area contributed by atoms with E-state index >= 15 is 0 Å². The van der Waals surface area contributed by atoms with Gasteiger partial charge in [0.25, 0.3) is 0 Å². The first-order valence-corrected chi connectivity index (χ1v) is 4.72. The van der Waals surface area contributed by atoms with Crippen molar-refractivity contribution >= 4 is 12.0 Å². The molecule has 0 radical (unpaired) electrons. The van der Waals surface area contributed by atoms with Gasteiger partial charge < -0.3 is 4.90 Å². The number of halogens is 1. The van der Waals surface area contributed by atoms with E-state index in [1.54, 1.807) is 12.1 Å². The summed E-state index contributed by atoms with van der Waals surface area (Å²) >= 11 is 0. The Morgan fingerprint density at radius 2 is 2.00 bits per heavy atom. The summed E-state index contributed by atoms with van der Waals surface area (Å²) < 4.78 is 13.5. The predicted octanol–water partition coefficient (Wildman–Crippen LogP) is 2.48. The third-order valence-electron chi connectivity index (χ3n) is 2.21. The fourth-order valence-electron chi connectivity index (χ4n) is 1.42. The molecule has 2 nitrogen and oxygen atoms in total. The Kier molecular flexibility index (Phi) is 3.63. The van der Waals surface area contributed by atoms with Crippen molar-refractivity contribution in [2.24, 2.45) is 0 Å². The van der Waals surface area contributed by atoms with E-state index in [2.05, 4.69) is 0 Å². The SMILES string of the molecule is CCN(CC)c1ccc(C=O)cc1F. The maximum atomic E-state index is 13.5. The highest BCUT2D eigenvalue weighted by Gasteiger charge is 2.08. The summed E-state index contributed by atoms with van der Waals surface area (Å²) in [6, 6.07) is 4.54. The molecule has 0 heterocycles. The highest BCUT2D eigenvalue weighted by molar-refractivity contribution is 5.75. The lowest BCUT2D eigenvalue weighted by molar-refractivity contribution is 0.112. The first kappa shape index (κ1) is 10.7. The van der Waals surface area contributed by atoms with Crippen LogP contribution in [-0.4, -0.2) is 19.4 Å². The van der Waals surface area contributed by atoms with Crippen molar-refractivity contribution in [2.75, 3.05) is 18.0 Å². The molecule has 0 fully saturated rings. The van der Waals surface area contributed by atoms with E-state index in [1.165, 1.54) is 6.07 Å². The lowest BCUT2D eigenvalue weighted by atomic mass is 10.2. The Morgan fingerprint density at radius 3 is 2.43 bits per heavy atom. The van der Waals surface area contributed by atoms with Gasteiger partial charge >= 0.3 is 0 Å². The molecule has 0 spiro atoms. The molecule has 0 bridgehead atoms. The summed E-state index contributed by atoms with van der Waals surface area (Å²) in [6.07, 6.45) is 0.648. The molecule has 0 saturated heterocycles. The van der Waals surface area contributed by atoms with Crippen LogP contribution in [0.2, 0.25) is 0 Å². The average molecular weight is 195 g/mol. The molecule has 0 aliphatic carbocycles. The molecule has 3 heteroatoms. The maximum Gasteiger partial charge on any atom is 0.150 e. The van der Waals surface area contributed by atoms with Crippen molar-refractivity contribution in [3.05, 3.63) is 29.6 Å². The molecule has 0 aromatic heterocycles. The average Bonchev–Trinajstić information content (AvgIpc) is 2.22.